The molecule has 0 spiro atoms. The van der Waals surface area contributed by atoms with Gasteiger partial charge in [0, 0.05) is 42.3 Å². The van der Waals surface area contributed by atoms with E-state index in [1.165, 1.54) is 25.3 Å². The van der Waals surface area contributed by atoms with Crippen LogP contribution in [-0.4, -0.2) is 40.5 Å². The number of carbonyl (C=O) groups excluding carboxylic acids is 2. The lowest BCUT2D eigenvalue weighted by Gasteiger charge is -2.30. The number of H-pyrrole nitrogens is 1. The van der Waals surface area contributed by atoms with Crippen molar-refractivity contribution in [1.29, 1.82) is 0 Å². The van der Waals surface area contributed by atoms with Crippen LogP contribution in [0, 0.1) is 10.1 Å². The third-order valence-corrected chi connectivity index (χ3v) is 6.74. The number of imidazole rings is 1. The maximum atomic E-state index is 13.4. The average Bonchev–Trinajstić information content (AvgIpc) is 3.45. The highest BCUT2D eigenvalue weighted by Gasteiger charge is 2.38. The lowest BCUT2D eigenvalue weighted by molar-refractivity contribution is -0.384. The summed E-state index contributed by atoms with van der Waals surface area (Å²) in [5.74, 6) is -1.32. The summed E-state index contributed by atoms with van der Waals surface area (Å²) in [6.45, 7) is 5.31. The van der Waals surface area contributed by atoms with Gasteiger partial charge in [-0.1, -0.05) is 36.4 Å². The van der Waals surface area contributed by atoms with Crippen molar-refractivity contribution in [3.05, 3.63) is 122 Å². The molecule has 0 amide bonds. The van der Waals surface area contributed by atoms with Crippen molar-refractivity contribution >= 4 is 23.2 Å². The Hall–Kier alpha value is -4.99. The Morgan fingerprint density at radius 2 is 1.77 bits per heavy atom. The van der Waals surface area contributed by atoms with E-state index in [0.29, 0.717) is 23.4 Å². The number of benzene rings is 2. The number of rotatable bonds is 9. The molecule has 1 unspecified atom stereocenters. The minimum absolute atomic E-state index is 0.00644. The number of non-ortho nitro benzene ring substituents is 1. The fourth-order valence-electron chi connectivity index (χ4n) is 4.71. The lowest BCUT2D eigenvalue weighted by atomic mass is 9.80. The molecule has 206 valence electrons. The van der Waals surface area contributed by atoms with Crippen LogP contribution in [-0.2, 0) is 25.5 Å². The molecular weight excluding hydrogens is 512 g/mol. The summed E-state index contributed by atoms with van der Waals surface area (Å²) in [4.78, 5) is 44.5. The summed E-state index contributed by atoms with van der Waals surface area (Å²) in [6.07, 6.45) is 6.01. The number of methoxy groups -OCH3 is 1. The smallest absolute Gasteiger partial charge is 0.337 e. The van der Waals surface area contributed by atoms with Crippen LogP contribution in [0.3, 0.4) is 0 Å². The van der Waals surface area contributed by atoms with Crippen LogP contribution in [0.15, 0.2) is 89.5 Å². The van der Waals surface area contributed by atoms with Crippen molar-refractivity contribution < 1.29 is 24.0 Å². The molecule has 0 saturated carbocycles. The Bertz CT molecular complexity index is 1520. The van der Waals surface area contributed by atoms with Crippen LogP contribution in [0.2, 0.25) is 0 Å². The van der Waals surface area contributed by atoms with Gasteiger partial charge in [-0.15, -0.1) is 0 Å². The maximum Gasteiger partial charge on any atom is 0.337 e. The molecule has 1 atom stereocenters. The van der Waals surface area contributed by atoms with Crippen molar-refractivity contribution in [2.24, 2.45) is 0 Å². The number of carbonyl (C=O) groups is 2. The number of aromatic nitrogens is 2. The van der Waals surface area contributed by atoms with Gasteiger partial charge in [-0.25, -0.2) is 14.6 Å². The third-order valence-electron chi connectivity index (χ3n) is 6.74. The zero-order valence-electron chi connectivity index (χ0n) is 22.7. The molecule has 0 fully saturated rings. The Kier molecular flexibility index (Phi) is 8.58. The molecule has 0 saturated heterocycles. The molecule has 4 rings (SSSR count). The largest absolute Gasteiger partial charge is 0.466 e. The number of aromatic amines is 1. The average molecular weight is 543 g/mol. The molecule has 40 heavy (non-hydrogen) atoms. The highest BCUT2D eigenvalue weighted by molar-refractivity contribution is 6.00. The molecule has 2 aromatic carbocycles. The van der Waals surface area contributed by atoms with Gasteiger partial charge >= 0.3 is 11.9 Å². The SMILES string of the molecule is COC(=O)C1=C(C)NC(C)=C(C(=O)OC/C=C(\C)c2ccc(Cc3ncc[nH]3)cc2)C1c1cccc([N+](=O)[O-])c1. The van der Waals surface area contributed by atoms with Crippen molar-refractivity contribution in [1.82, 2.24) is 15.3 Å². The third kappa shape index (κ3) is 6.17. The van der Waals surface area contributed by atoms with Gasteiger partial charge < -0.3 is 19.8 Å². The number of nitrogens with one attached hydrogen (secondary N) is 2. The van der Waals surface area contributed by atoms with E-state index < -0.39 is 22.8 Å². The number of nitro groups is 1. The van der Waals surface area contributed by atoms with Gasteiger partial charge in [-0.05, 0) is 49.1 Å². The molecule has 1 aromatic heterocycles. The van der Waals surface area contributed by atoms with E-state index in [2.05, 4.69) is 15.3 Å². The van der Waals surface area contributed by atoms with Crippen molar-refractivity contribution in [2.75, 3.05) is 13.7 Å². The summed E-state index contributed by atoms with van der Waals surface area (Å²) in [6, 6.07) is 13.9. The molecule has 0 radical (unpaired) electrons. The number of hydrogen-bond donors (Lipinski definition) is 2. The molecule has 0 aliphatic carbocycles. The second kappa shape index (κ2) is 12.2. The first-order chi connectivity index (χ1) is 19.2. The Morgan fingerprint density at radius 3 is 2.40 bits per heavy atom. The molecule has 2 N–H and O–H groups in total. The zero-order valence-corrected chi connectivity index (χ0v) is 22.7. The van der Waals surface area contributed by atoms with Gasteiger partial charge in [0.25, 0.3) is 5.69 Å². The number of nitrogens with zero attached hydrogens (tertiary/aromatic N) is 2. The van der Waals surface area contributed by atoms with Crippen LogP contribution in [0.4, 0.5) is 5.69 Å². The molecule has 0 bridgehead atoms. The van der Waals surface area contributed by atoms with E-state index in [-0.39, 0.29) is 23.4 Å². The molecule has 3 aromatic rings. The number of ether oxygens (including phenoxy) is 2. The Labute approximate surface area is 231 Å². The molecule has 1 aliphatic heterocycles. The second-order valence-electron chi connectivity index (χ2n) is 9.37. The van der Waals surface area contributed by atoms with Gasteiger partial charge in [0.05, 0.1) is 29.1 Å². The van der Waals surface area contributed by atoms with Gasteiger partial charge in [0.1, 0.15) is 12.4 Å². The van der Waals surface area contributed by atoms with Gasteiger partial charge in [0.2, 0.25) is 0 Å². The number of nitro benzene ring substituents is 1. The van der Waals surface area contributed by atoms with Crippen LogP contribution >= 0.6 is 0 Å². The summed E-state index contributed by atoms with van der Waals surface area (Å²) in [5, 5.41) is 14.5. The summed E-state index contributed by atoms with van der Waals surface area (Å²) in [5.41, 5.74) is 4.60. The summed E-state index contributed by atoms with van der Waals surface area (Å²) < 4.78 is 10.6. The van der Waals surface area contributed by atoms with Gasteiger partial charge in [0.15, 0.2) is 0 Å². The van der Waals surface area contributed by atoms with E-state index in [0.717, 1.165) is 22.5 Å². The number of allylic oxidation sites excluding steroid dienone is 3. The second-order valence-corrected chi connectivity index (χ2v) is 9.37. The first-order valence-corrected chi connectivity index (χ1v) is 12.6. The monoisotopic (exact) mass is 542 g/mol. The van der Waals surface area contributed by atoms with E-state index >= 15 is 0 Å². The Morgan fingerprint density at radius 1 is 1.07 bits per heavy atom. The number of hydrogen-bond acceptors (Lipinski definition) is 8. The Balaban J connectivity index is 1.54. The summed E-state index contributed by atoms with van der Waals surface area (Å²) in [7, 11) is 1.24. The predicted molar refractivity (Wildman–Crippen MR) is 149 cm³/mol. The number of dihydropyridines is 1. The van der Waals surface area contributed by atoms with Gasteiger partial charge in [-0.2, -0.15) is 0 Å². The van der Waals surface area contributed by atoms with Crippen molar-refractivity contribution in [3.8, 4) is 0 Å². The van der Waals surface area contributed by atoms with Crippen molar-refractivity contribution in [3.63, 3.8) is 0 Å². The van der Waals surface area contributed by atoms with Crippen LogP contribution in [0.5, 0.6) is 0 Å². The highest BCUT2D eigenvalue weighted by Crippen LogP contribution is 2.40. The lowest BCUT2D eigenvalue weighted by Crippen LogP contribution is -2.32. The van der Waals surface area contributed by atoms with E-state index in [1.54, 1.807) is 38.4 Å². The quantitative estimate of drug-likeness (QED) is 0.220. The number of esters is 2. The van der Waals surface area contributed by atoms with E-state index in [9.17, 15) is 19.7 Å². The van der Waals surface area contributed by atoms with Gasteiger partial charge in [-0.3, -0.25) is 10.1 Å². The molecule has 1 aliphatic rings. The molecule has 10 heteroatoms. The van der Waals surface area contributed by atoms with Crippen LogP contribution < -0.4 is 5.32 Å². The van der Waals surface area contributed by atoms with E-state index in [4.69, 9.17) is 9.47 Å². The van der Waals surface area contributed by atoms with Crippen molar-refractivity contribution in [2.45, 2.75) is 33.1 Å². The normalized spacial score (nSPS) is 15.5. The highest BCUT2D eigenvalue weighted by atomic mass is 16.6. The van der Waals surface area contributed by atoms with E-state index in [1.807, 2.05) is 31.2 Å². The molecule has 2 heterocycles. The van der Waals surface area contributed by atoms with Crippen LogP contribution in [0.1, 0.15) is 49.2 Å². The predicted octanol–water partition coefficient (Wildman–Crippen LogP) is 4.96. The zero-order chi connectivity index (χ0) is 28.8. The minimum atomic E-state index is -0.909. The standard InChI is InChI=1S/C30H30N4O6/c1-18(22-10-8-21(9-11-22)16-25-31-13-14-32-25)12-15-40-30(36)27-20(3)33-19(2)26(29(35)39-4)28(27)23-6-5-7-24(17-23)34(37)38/h5-14,17,28,33H,15-16H2,1-4H3,(H,31,32)/b18-12+. The topological polar surface area (TPSA) is 136 Å². The van der Waals surface area contributed by atoms with Crippen LogP contribution in [0.25, 0.3) is 5.57 Å². The molecule has 10 nitrogen and oxygen atoms in total. The first kappa shape index (κ1) is 28.0. The fraction of sp³-hybridized carbons (Fsp3) is 0.233. The summed E-state index contributed by atoms with van der Waals surface area (Å²) >= 11 is 0. The molecular formula is C30H30N4O6. The minimum Gasteiger partial charge on any atom is -0.466 e. The first-order valence-electron chi connectivity index (χ1n) is 12.6. The fourth-order valence-corrected chi connectivity index (χ4v) is 4.71. The maximum absolute atomic E-state index is 13.4.